The topological polar surface area (TPSA) is 29.1 Å². The van der Waals surface area contributed by atoms with Gasteiger partial charge in [0.25, 0.3) is 5.91 Å². The van der Waals surface area contributed by atoms with Gasteiger partial charge in [0.1, 0.15) is 0 Å². The Morgan fingerprint density at radius 1 is 1.10 bits per heavy atom. The highest BCUT2D eigenvalue weighted by molar-refractivity contribution is 14.1. The zero-order valence-electron chi connectivity index (χ0n) is 12.2. The summed E-state index contributed by atoms with van der Waals surface area (Å²) in [4.78, 5) is 12.2. The van der Waals surface area contributed by atoms with Crippen LogP contribution >= 0.6 is 34.2 Å². The van der Waals surface area contributed by atoms with Gasteiger partial charge in [-0.15, -0.1) is 0 Å². The van der Waals surface area contributed by atoms with Gasteiger partial charge in [-0.1, -0.05) is 44.5 Å². The van der Waals surface area contributed by atoms with Gasteiger partial charge < -0.3 is 5.32 Å². The molecule has 2 aromatic rings. The first kappa shape index (κ1) is 16.3. The van der Waals surface area contributed by atoms with Gasteiger partial charge in [-0.05, 0) is 63.9 Å². The van der Waals surface area contributed by atoms with E-state index in [1.165, 1.54) is 5.56 Å². The van der Waals surface area contributed by atoms with Gasteiger partial charge in [0, 0.05) is 14.8 Å². The zero-order valence-corrected chi connectivity index (χ0v) is 15.1. The van der Waals surface area contributed by atoms with Crippen molar-refractivity contribution in [2.24, 2.45) is 0 Å². The average Bonchev–Trinajstić information content (AvgIpc) is 2.41. The van der Waals surface area contributed by atoms with E-state index in [0.29, 0.717) is 10.6 Å². The van der Waals surface area contributed by atoms with Crippen molar-refractivity contribution in [1.29, 1.82) is 0 Å². The van der Waals surface area contributed by atoms with Crippen LogP contribution in [0.2, 0.25) is 5.02 Å². The summed E-state index contributed by atoms with van der Waals surface area (Å²) in [6.07, 6.45) is 0. The lowest BCUT2D eigenvalue weighted by atomic mass is 9.87. The summed E-state index contributed by atoms with van der Waals surface area (Å²) in [6, 6.07) is 13.2. The monoisotopic (exact) mass is 413 g/mol. The van der Waals surface area contributed by atoms with Crippen molar-refractivity contribution in [2.75, 3.05) is 5.32 Å². The van der Waals surface area contributed by atoms with Crippen LogP contribution in [0.15, 0.2) is 42.5 Å². The largest absolute Gasteiger partial charge is 0.322 e. The van der Waals surface area contributed by atoms with Crippen LogP contribution in [-0.4, -0.2) is 5.91 Å². The molecule has 0 aliphatic rings. The maximum absolute atomic E-state index is 12.2. The number of carbonyl (C=O) groups excluding carboxylic acids is 1. The van der Waals surface area contributed by atoms with Crippen molar-refractivity contribution < 1.29 is 4.79 Å². The molecule has 1 N–H and O–H groups in total. The molecular weight excluding hydrogens is 397 g/mol. The first-order chi connectivity index (χ1) is 9.77. The minimum absolute atomic E-state index is 0.103. The van der Waals surface area contributed by atoms with Crippen molar-refractivity contribution in [3.05, 3.63) is 62.2 Å². The second-order valence-electron chi connectivity index (χ2n) is 5.91. The second-order valence-corrected chi connectivity index (χ2v) is 7.48. The van der Waals surface area contributed by atoms with Gasteiger partial charge in [0.05, 0.1) is 5.02 Å². The van der Waals surface area contributed by atoms with Crippen LogP contribution in [0.4, 0.5) is 5.69 Å². The number of carbonyl (C=O) groups is 1. The molecule has 0 bridgehead atoms. The Bertz CT molecular complexity index is 659. The van der Waals surface area contributed by atoms with Crippen molar-refractivity contribution in [2.45, 2.75) is 26.2 Å². The molecule has 0 spiro atoms. The molecule has 2 rings (SSSR count). The molecule has 1 amide bonds. The third-order valence-electron chi connectivity index (χ3n) is 3.19. The predicted molar refractivity (Wildman–Crippen MR) is 97.3 cm³/mol. The molecule has 110 valence electrons. The van der Waals surface area contributed by atoms with Crippen molar-refractivity contribution >= 4 is 45.8 Å². The van der Waals surface area contributed by atoms with E-state index < -0.39 is 0 Å². The molecule has 0 aliphatic carbocycles. The fraction of sp³-hybridized carbons (Fsp3) is 0.235. The first-order valence-corrected chi connectivity index (χ1v) is 8.10. The maximum Gasteiger partial charge on any atom is 0.255 e. The summed E-state index contributed by atoms with van der Waals surface area (Å²) < 4.78 is 0.931. The molecule has 0 saturated heterocycles. The Morgan fingerprint density at radius 3 is 2.24 bits per heavy atom. The molecule has 0 radical (unpaired) electrons. The van der Waals surface area contributed by atoms with E-state index in [-0.39, 0.29) is 11.3 Å². The first-order valence-electron chi connectivity index (χ1n) is 6.64. The van der Waals surface area contributed by atoms with Gasteiger partial charge in [-0.2, -0.15) is 0 Å². The van der Waals surface area contributed by atoms with Crippen LogP contribution in [-0.2, 0) is 5.41 Å². The van der Waals surface area contributed by atoms with Crippen LogP contribution in [0, 0.1) is 3.57 Å². The number of rotatable bonds is 2. The summed E-state index contributed by atoms with van der Waals surface area (Å²) in [6.45, 7) is 6.48. The van der Waals surface area contributed by atoms with E-state index in [1.54, 1.807) is 12.1 Å². The molecular formula is C17H17ClINO. The van der Waals surface area contributed by atoms with Gasteiger partial charge >= 0.3 is 0 Å². The third-order valence-corrected chi connectivity index (χ3v) is 4.76. The highest BCUT2D eigenvalue weighted by Crippen LogP contribution is 2.24. The fourth-order valence-corrected chi connectivity index (χ4v) is 2.41. The van der Waals surface area contributed by atoms with Crippen LogP contribution in [0.25, 0.3) is 0 Å². The number of hydrogen-bond acceptors (Lipinski definition) is 1. The Kier molecular flexibility index (Phi) is 4.94. The number of nitrogens with one attached hydrogen (secondary N) is 1. The SMILES string of the molecule is CC(C)(C)c1ccc(NC(=O)c2ccc(I)c(Cl)c2)cc1. The van der Waals surface area contributed by atoms with E-state index >= 15 is 0 Å². The summed E-state index contributed by atoms with van der Waals surface area (Å²) >= 11 is 8.18. The summed E-state index contributed by atoms with van der Waals surface area (Å²) in [5.74, 6) is -0.156. The minimum atomic E-state index is -0.156. The third kappa shape index (κ3) is 4.20. The lowest BCUT2D eigenvalue weighted by Crippen LogP contribution is -2.13. The van der Waals surface area contributed by atoms with Gasteiger partial charge in [0.15, 0.2) is 0 Å². The highest BCUT2D eigenvalue weighted by Gasteiger charge is 2.13. The number of amides is 1. The van der Waals surface area contributed by atoms with Crippen LogP contribution < -0.4 is 5.32 Å². The van der Waals surface area contributed by atoms with Crippen LogP contribution in [0.1, 0.15) is 36.7 Å². The molecule has 2 aromatic carbocycles. The van der Waals surface area contributed by atoms with Gasteiger partial charge in [-0.3, -0.25) is 4.79 Å². The summed E-state index contributed by atoms with van der Waals surface area (Å²) in [5.41, 5.74) is 2.67. The Labute approximate surface area is 144 Å². The van der Waals surface area contributed by atoms with Crippen LogP contribution in [0.5, 0.6) is 0 Å². The second kappa shape index (κ2) is 6.36. The van der Waals surface area contributed by atoms with Gasteiger partial charge in [0.2, 0.25) is 0 Å². The summed E-state index contributed by atoms with van der Waals surface area (Å²) in [7, 11) is 0. The van der Waals surface area contributed by atoms with E-state index in [9.17, 15) is 4.79 Å². The number of hydrogen-bond donors (Lipinski definition) is 1. The fourth-order valence-electron chi connectivity index (χ4n) is 1.89. The van der Waals surface area contributed by atoms with E-state index in [1.807, 2.05) is 30.3 Å². The number of benzene rings is 2. The molecule has 0 aliphatic heterocycles. The quantitative estimate of drug-likeness (QED) is 0.648. The maximum atomic E-state index is 12.2. The molecule has 0 atom stereocenters. The number of halogens is 2. The van der Waals surface area contributed by atoms with E-state index in [0.717, 1.165) is 9.26 Å². The lowest BCUT2D eigenvalue weighted by Gasteiger charge is -2.19. The smallest absolute Gasteiger partial charge is 0.255 e. The molecule has 0 aromatic heterocycles. The highest BCUT2D eigenvalue weighted by atomic mass is 127. The number of anilines is 1. The Hall–Kier alpha value is -1.07. The molecule has 0 heterocycles. The zero-order chi connectivity index (χ0) is 15.6. The summed E-state index contributed by atoms with van der Waals surface area (Å²) in [5, 5.41) is 3.47. The predicted octanol–water partition coefficient (Wildman–Crippen LogP) is 5.49. The molecule has 0 fully saturated rings. The molecule has 2 nitrogen and oxygen atoms in total. The molecule has 4 heteroatoms. The molecule has 0 unspecified atom stereocenters. The standard InChI is InChI=1S/C17H17ClINO/c1-17(2,3)12-5-7-13(8-6-12)20-16(21)11-4-9-15(19)14(18)10-11/h4-10H,1-3H3,(H,20,21). The van der Waals surface area contributed by atoms with E-state index in [2.05, 4.69) is 48.7 Å². The van der Waals surface area contributed by atoms with Crippen molar-refractivity contribution in [3.63, 3.8) is 0 Å². The van der Waals surface area contributed by atoms with E-state index in [4.69, 9.17) is 11.6 Å². The van der Waals surface area contributed by atoms with Crippen molar-refractivity contribution in [1.82, 2.24) is 0 Å². The minimum Gasteiger partial charge on any atom is -0.322 e. The van der Waals surface area contributed by atoms with Crippen LogP contribution in [0.3, 0.4) is 0 Å². The Balaban J connectivity index is 2.14. The lowest BCUT2D eigenvalue weighted by molar-refractivity contribution is 0.102. The van der Waals surface area contributed by atoms with Gasteiger partial charge in [-0.25, -0.2) is 0 Å². The van der Waals surface area contributed by atoms with Crippen molar-refractivity contribution in [3.8, 4) is 0 Å². The normalized spacial score (nSPS) is 11.3. The molecule has 21 heavy (non-hydrogen) atoms. The average molecular weight is 414 g/mol. The Morgan fingerprint density at radius 2 is 1.71 bits per heavy atom. The molecule has 0 saturated carbocycles.